The summed E-state index contributed by atoms with van der Waals surface area (Å²) in [5.41, 5.74) is 0. The Labute approximate surface area is 113 Å². The molecule has 0 aliphatic heterocycles. The highest BCUT2D eigenvalue weighted by molar-refractivity contribution is 9.10. The van der Waals surface area contributed by atoms with Gasteiger partial charge in [0.1, 0.15) is 11.8 Å². The summed E-state index contributed by atoms with van der Waals surface area (Å²) in [6.07, 6.45) is 0.115. The van der Waals surface area contributed by atoms with Crippen molar-refractivity contribution in [2.45, 2.75) is 19.4 Å². The zero-order chi connectivity index (χ0) is 13.5. The Morgan fingerprint density at radius 3 is 2.83 bits per heavy atom. The Kier molecular flexibility index (Phi) is 5.64. The van der Waals surface area contributed by atoms with Crippen LogP contribution in [-0.2, 0) is 9.59 Å². The number of rotatable bonds is 6. The van der Waals surface area contributed by atoms with E-state index >= 15 is 0 Å². The van der Waals surface area contributed by atoms with E-state index < -0.39 is 12.0 Å². The summed E-state index contributed by atoms with van der Waals surface area (Å²) >= 11 is 3.31. The molecule has 0 fully saturated rings. The van der Waals surface area contributed by atoms with Crippen LogP contribution >= 0.6 is 15.9 Å². The summed E-state index contributed by atoms with van der Waals surface area (Å²) < 4.78 is 6.25. The van der Waals surface area contributed by atoms with Gasteiger partial charge >= 0.3 is 5.97 Å². The molecule has 1 rings (SSSR count). The van der Waals surface area contributed by atoms with Gasteiger partial charge < -0.3 is 15.2 Å². The number of carboxylic acids is 1. The van der Waals surface area contributed by atoms with Gasteiger partial charge in [-0.15, -0.1) is 0 Å². The van der Waals surface area contributed by atoms with Gasteiger partial charge in [0.05, 0.1) is 13.0 Å². The number of benzene rings is 1. The van der Waals surface area contributed by atoms with Crippen LogP contribution in [0.5, 0.6) is 5.75 Å². The number of halogens is 1. The first-order valence-electron chi connectivity index (χ1n) is 5.39. The van der Waals surface area contributed by atoms with Crippen LogP contribution in [0.15, 0.2) is 28.7 Å². The van der Waals surface area contributed by atoms with E-state index in [9.17, 15) is 9.59 Å². The van der Waals surface area contributed by atoms with Crippen molar-refractivity contribution in [2.75, 3.05) is 6.61 Å². The molecule has 0 aromatic heterocycles. The average Bonchev–Trinajstić information content (AvgIpc) is 2.28. The summed E-state index contributed by atoms with van der Waals surface area (Å²) in [4.78, 5) is 21.9. The van der Waals surface area contributed by atoms with E-state index in [2.05, 4.69) is 21.2 Å². The fourth-order valence-corrected chi connectivity index (χ4v) is 1.57. The number of carboxylic acid groups (broad SMARTS) is 1. The Hall–Kier alpha value is -1.56. The van der Waals surface area contributed by atoms with Gasteiger partial charge in [0.25, 0.3) is 0 Å². The summed E-state index contributed by atoms with van der Waals surface area (Å²) in [5, 5.41) is 11.0. The number of hydrogen-bond acceptors (Lipinski definition) is 3. The van der Waals surface area contributed by atoms with Crippen LogP contribution in [0.1, 0.15) is 13.3 Å². The van der Waals surface area contributed by atoms with E-state index in [1.165, 1.54) is 6.92 Å². The van der Waals surface area contributed by atoms with Crippen LogP contribution in [0.2, 0.25) is 0 Å². The molecule has 0 bridgehead atoms. The second kappa shape index (κ2) is 7.00. The standard InChI is InChI=1S/C12H14BrNO4/c1-8(12(16)17)14-11(15)5-6-18-10-4-2-3-9(13)7-10/h2-4,7-8H,5-6H2,1H3,(H,14,15)(H,16,17)/t8-/m1/s1. The Morgan fingerprint density at radius 2 is 2.22 bits per heavy atom. The van der Waals surface area contributed by atoms with Crippen molar-refractivity contribution in [3.05, 3.63) is 28.7 Å². The first-order valence-corrected chi connectivity index (χ1v) is 6.19. The lowest BCUT2D eigenvalue weighted by Gasteiger charge is -2.10. The number of ether oxygens (including phenoxy) is 1. The van der Waals surface area contributed by atoms with E-state index in [0.29, 0.717) is 5.75 Å². The highest BCUT2D eigenvalue weighted by Crippen LogP contribution is 2.17. The van der Waals surface area contributed by atoms with Gasteiger partial charge in [0.15, 0.2) is 0 Å². The molecule has 1 aromatic carbocycles. The molecule has 0 saturated heterocycles. The van der Waals surface area contributed by atoms with Gasteiger partial charge in [-0.3, -0.25) is 9.59 Å². The topological polar surface area (TPSA) is 75.6 Å². The monoisotopic (exact) mass is 315 g/mol. The predicted octanol–water partition coefficient (Wildman–Crippen LogP) is 1.81. The van der Waals surface area contributed by atoms with Crippen molar-refractivity contribution >= 4 is 27.8 Å². The number of carbonyl (C=O) groups excluding carboxylic acids is 1. The van der Waals surface area contributed by atoms with Crippen LogP contribution in [-0.4, -0.2) is 29.6 Å². The maximum Gasteiger partial charge on any atom is 0.325 e. The molecule has 1 atom stereocenters. The molecular weight excluding hydrogens is 302 g/mol. The van der Waals surface area contributed by atoms with Crippen molar-refractivity contribution in [3.63, 3.8) is 0 Å². The number of aliphatic carboxylic acids is 1. The van der Waals surface area contributed by atoms with Crippen LogP contribution in [0.3, 0.4) is 0 Å². The minimum Gasteiger partial charge on any atom is -0.493 e. The lowest BCUT2D eigenvalue weighted by atomic mass is 10.3. The van der Waals surface area contributed by atoms with Crippen molar-refractivity contribution in [3.8, 4) is 5.75 Å². The van der Waals surface area contributed by atoms with E-state index in [4.69, 9.17) is 9.84 Å². The van der Waals surface area contributed by atoms with E-state index in [1.54, 1.807) is 12.1 Å². The third kappa shape index (κ3) is 5.18. The third-order valence-corrected chi connectivity index (χ3v) is 2.64. The molecule has 0 aliphatic carbocycles. The van der Waals surface area contributed by atoms with Crippen LogP contribution < -0.4 is 10.1 Å². The second-order valence-corrected chi connectivity index (χ2v) is 4.60. The fraction of sp³-hybridized carbons (Fsp3) is 0.333. The Balaban J connectivity index is 2.29. The first-order chi connectivity index (χ1) is 8.49. The molecule has 5 nitrogen and oxygen atoms in total. The van der Waals surface area contributed by atoms with Gasteiger partial charge in [-0.05, 0) is 25.1 Å². The summed E-state index contributed by atoms with van der Waals surface area (Å²) in [5.74, 6) is -0.750. The Morgan fingerprint density at radius 1 is 1.50 bits per heavy atom. The van der Waals surface area contributed by atoms with Gasteiger partial charge in [-0.25, -0.2) is 0 Å². The van der Waals surface area contributed by atoms with Gasteiger partial charge in [-0.1, -0.05) is 22.0 Å². The molecule has 0 spiro atoms. The highest BCUT2D eigenvalue weighted by atomic mass is 79.9. The van der Waals surface area contributed by atoms with Crippen LogP contribution in [0.4, 0.5) is 0 Å². The molecule has 0 aliphatic rings. The maximum absolute atomic E-state index is 11.4. The number of carbonyl (C=O) groups is 2. The SMILES string of the molecule is C[C@@H](NC(=O)CCOc1cccc(Br)c1)C(=O)O. The summed E-state index contributed by atoms with van der Waals surface area (Å²) in [7, 11) is 0. The van der Waals surface area contributed by atoms with E-state index in [0.717, 1.165) is 4.47 Å². The molecule has 1 aromatic rings. The molecule has 0 saturated carbocycles. The normalized spacial score (nSPS) is 11.7. The first kappa shape index (κ1) is 14.5. The number of hydrogen-bond donors (Lipinski definition) is 2. The highest BCUT2D eigenvalue weighted by Gasteiger charge is 2.13. The summed E-state index contributed by atoms with van der Waals surface area (Å²) in [6.45, 7) is 1.62. The number of nitrogens with one attached hydrogen (secondary N) is 1. The zero-order valence-corrected chi connectivity index (χ0v) is 11.4. The van der Waals surface area contributed by atoms with Crippen LogP contribution in [0.25, 0.3) is 0 Å². The lowest BCUT2D eigenvalue weighted by molar-refractivity contribution is -0.141. The van der Waals surface area contributed by atoms with E-state index in [1.807, 2.05) is 12.1 Å². The predicted molar refractivity (Wildman–Crippen MR) is 69.5 cm³/mol. The second-order valence-electron chi connectivity index (χ2n) is 3.68. The molecule has 18 heavy (non-hydrogen) atoms. The van der Waals surface area contributed by atoms with Crippen molar-refractivity contribution < 1.29 is 19.4 Å². The zero-order valence-electron chi connectivity index (χ0n) is 9.85. The Bertz CT molecular complexity index is 436. The molecule has 6 heteroatoms. The quantitative estimate of drug-likeness (QED) is 0.839. The molecule has 98 valence electrons. The van der Waals surface area contributed by atoms with Gasteiger partial charge in [0.2, 0.25) is 5.91 Å². The van der Waals surface area contributed by atoms with Gasteiger partial charge in [0, 0.05) is 4.47 Å². The smallest absolute Gasteiger partial charge is 0.325 e. The third-order valence-electron chi connectivity index (χ3n) is 2.14. The lowest BCUT2D eigenvalue weighted by Crippen LogP contribution is -2.38. The molecule has 2 N–H and O–H groups in total. The fourth-order valence-electron chi connectivity index (χ4n) is 1.19. The number of amides is 1. The molecular formula is C12H14BrNO4. The van der Waals surface area contributed by atoms with Crippen molar-refractivity contribution in [1.82, 2.24) is 5.32 Å². The minimum atomic E-state index is -1.06. The molecule has 1 amide bonds. The molecule has 0 unspecified atom stereocenters. The molecule has 0 radical (unpaired) electrons. The van der Waals surface area contributed by atoms with Crippen LogP contribution in [0, 0.1) is 0 Å². The minimum absolute atomic E-state index is 0.115. The summed E-state index contributed by atoms with van der Waals surface area (Å²) in [6, 6.07) is 6.38. The van der Waals surface area contributed by atoms with Gasteiger partial charge in [-0.2, -0.15) is 0 Å². The maximum atomic E-state index is 11.4. The van der Waals surface area contributed by atoms with Crippen molar-refractivity contribution in [1.29, 1.82) is 0 Å². The van der Waals surface area contributed by atoms with Crippen molar-refractivity contribution in [2.24, 2.45) is 0 Å². The molecule has 0 heterocycles. The average molecular weight is 316 g/mol. The largest absolute Gasteiger partial charge is 0.493 e. The van der Waals surface area contributed by atoms with E-state index in [-0.39, 0.29) is 18.9 Å².